The van der Waals surface area contributed by atoms with Crippen LogP contribution in [0.2, 0.25) is 0 Å². The second kappa shape index (κ2) is 8.46. The van der Waals surface area contributed by atoms with Gasteiger partial charge in [-0.2, -0.15) is 0 Å². The van der Waals surface area contributed by atoms with Gasteiger partial charge in [0.1, 0.15) is 0 Å². The summed E-state index contributed by atoms with van der Waals surface area (Å²) in [5.41, 5.74) is 2.30. The van der Waals surface area contributed by atoms with E-state index in [-0.39, 0.29) is 6.04 Å². The number of hydrogen-bond donors (Lipinski definition) is 1. The number of aryl methyl sites for hydroxylation is 1. The van der Waals surface area contributed by atoms with E-state index >= 15 is 0 Å². The molecule has 0 aliphatic heterocycles. The third-order valence-corrected chi connectivity index (χ3v) is 5.40. The molecule has 0 bridgehead atoms. The van der Waals surface area contributed by atoms with Gasteiger partial charge in [-0.25, -0.2) is 0 Å². The summed E-state index contributed by atoms with van der Waals surface area (Å²) >= 11 is 7.53. The van der Waals surface area contributed by atoms with Gasteiger partial charge in [0, 0.05) is 17.1 Å². The SMILES string of the molecule is Cc1ccccc1NC(=S)N(CCC(C)C)[C@H](C)c1cccs1. The van der Waals surface area contributed by atoms with E-state index in [0.29, 0.717) is 5.92 Å². The molecule has 1 N–H and O–H groups in total. The van der Waals surface area contributed by atoms with Crippen LogP contribution in [0.3, 0.4) is 0 Å². The molecule has 0 saturated heterocycles. The van der Waals surface area contributed by atoms with Crippen molar-refractivity contribution in [1.29, 1.82) is 0 Å². The van der Waals surface area contributed by atoms with Crippen molar-refractivity contribution in [2.24, 2.45) is 5.92 Å². The molecule has 2 nitrogen and oxygen atoms in total. The highest BCUT2D eigenvalue weighted by Crippen LogP contribution is 2.26. The van der Waals surface area contributed by atoms with Crippen LogP contribution < -0.4 is 5.32 Å². The fourth-order valence-corrected chi connectivity index (χ4v) is 3.61. The smallest absolute Gasteiger partial charge is 0.173 e. The number of anilines is 1. The number of thiocarbonyl (C=S) groups is 1. The summed E-state index contributed by atoms with van der Waals surface area (Å²) in [6.07, 6.45) is 1.13. The summed E-state index contributed by atoms with van der Waals surface area (Å²) in [6, 6.07) is 12.9. The molecule has 1 aromatic carbocycles. The zero-order valence-corrected chi connectivity index (χ0v) is 16.0. The molecule has 0 unspecified atom stereocenters. The Balaban J connectivity index is 2.15. The summed E-state index contributed by atoms with van der Waals surface area (Å²) in [6.45, 7) is 9.82. The average molecular weight is 347 g/mol. The quantitative estimate of drug-likeness (QED) is 0.659. The van der Waals surface area contributed by atoms with Crippen molar-refractivity contribution in [2.45, 2.75) is 40.2 Å². The summed E-state index contributed by atoms with van der Waals surface area (Å²) in [4.78, 5) is 3.66. The Morgan fingerprint density at radius 1 is 1.17 bits per heavy atom. The van der Waals surface area contributed by atoms with E-state index in [4.69, 9.17) is 12.2 Å². The molecule has 0 amide bonds. The van der Waals surface area contributed by atoms with Crippen LogP contribution in [-0.2, 0) is 0 Å². The first-order chi connectivity index (χ1) is 11.0. The van der Waals surface area contributed by atoms with Crippen molar-refractivity contribution in [3.05, 3.63) is 52.2 Å². The lowest BCUT2D eigenvalue weighted by molar-refractivity contribution is 0.322. The van der Waals surface area contributed by atoms with Crippen molar-refractivity contribution < 1.29 is 0 Å². The van der Waals surface area contributed by atoms with Crippen molar-refractivity contribution in [2.75, 3.05) is 11.9 Å². The van der Waals surface area contributed by atoms with Crippen LogP contribution in [0.1, 0.15) is 43.7 Å². The zero-order chi connectivity index (χ0) is 16.8. The topological polar surface area (TPSA) is 15.3 Å². The van der Waals surface area contributed by atoms with E-state index in [1.165, 1.54) is 10.4 Å². The third kappa shape index (κ3) is 5.05. The van der Waals surface area contributed by atoms with Crippen LogP contribution in [0.15, 0.2) is 41.8 Å². The van der Waals surface area contributed by atoms with Gasteiger partial charge in [-0.05, 0) is 61.5 Å². The number of rotatable bonds is 6. The van der Waals surface area contributed by atoms with Crippen LogP contribution >= 0.6 is 23.6 Å². The highest BCUT2D eigenvalue weighted by molar-refractivity contribution is 7.80. The molecule has 1 heterocycles. The highest BCUT2D eigenvalue weighted by atomic mass is 32.1. The maximum absolute atomic E-state index is 5.74. The number of benzene rings is 1. The molecule has 0 fully saturated rings. The van der Waals surface area contributed by atoms with Crippen LogP contribution in [0.25, 0.3) is 0 Å². The maximum Gasteiger partial charge on any atom is 0.173 e. The van der Waals surface area contributed by atoms with Gasteiger partial charge in [0.05, 0.1) is 6.04 Å². The lowest BCUT2D eigenvalue weighted by atomic mass is 10.1. The normalized spacial score (nSPS) is 12.2. The average Bonchev–Trinajstić information content (AvgIpc) is 3.03. The number of para-hydroxylation sites is 1. The maximum atomic E-state index is 5.74. The molecular formula is C19H26N2S2. The molecule has 23 heavy (non-hydrogen) atoms. The second-order valence-corrected chi connectivity index (χ2v) is 7.68. The molecular weight excluding hydrogens is 320 g/mol. The lowest BCUT2D eigenvalue weighted by Crippen LogP contribution is -2.38. The molecule has 0 aliphatic rings. The fourth-order valence-electron chi connectivity index (χ4n) is 2.45. The van der Waals surface area contributed by atoms with E-state index in [9.17, 15) is 0 Å². The second-order valence-electron chi connectivity index (χ2n) is 6.31. The Kier molecular flexibility index (Phi) is 6.60. The number of nitrogens with zero attached hydrogens (tertiary/aromatic N) is 1. The molecule has 124 valence electrons. The first-order valence-electron chi connectivity index (χ1n) is 8.15. The molecule has 2 aromatic rings. The summed E-state index contributed by atoms with van der Waals surface area (Å²) < 4.78 is 0. The van der Waals surface area contributed by atoms with E-state index in [0.717, 1.165) is 23.8 Å². The largest absolute Gasteiger partial charge is 0.341 e. The summed E-state index contributed by atoms with van der Waals surface area (Å²) in [5, 5.41) is 6.37. The minimum absolute atomic E-state index is 0.290. The molecule has 0 aliphatic carbocycles. The first kappa shape index (κ1) is 18.0. The number of nitrogens with one attached hydrogen (secondary N) is 1. The molecule has 0 spiro atoms. The molecule has 0 saturated carbocycles. The van der Waals surface area contributed by atoms with Gasteiger partial charge in [0.25, 0.3) is 0 Å². The number of thiophene rings is 1. The van der Waals surface area contributed by atoms with Crippen LogP contribution in [0.4, 0.5) is 5.69 Å². The van der Waals surface area contributed by atoms with Crippen molar-refractivity contribution >= 4 is 34.4 Å². The van der Waals surface area contributed by atoms with Gasteiger partial charge >= 0.3 is 0 Å². The fraction of sp³-hybridized carbons (Fsp3) is 0.421. The van der Waals surface area contributed by atoms with Gasteiger partial charge in [0.15, 0.2) is 5.11 Å². The zero-order valence-electron chi connectivity index (χ0n) is 14.4. The lowest BCUT2D eigenvalue weighted by Gasteiger charge is -2.32. The third-order valence-electron chi connectivity index (χ3n) is 4.02. The van der Waals surface area contributed by atoms with Gasteiger partial charge in [-0.3, -0.25) is 0 Å². The molecule has 0 radical (unpaired) electrons. The Morgan fingerprint density at radius 3 is 2.52 bits per heavy atom. The Morgan fingerprint density at radius 2 is 1.91 bits per heavy atom. The minimum Gasteiger partial charge on any atom is -0.341 e. The van der Waals surface area contributed by atoms with Crippen LogP contribution in [-0.4, -0.2) is 16.6 Å². The Hall–Kier alpha value is -1.39. The molecule has 2 rings (SSSR count). The Bertz CT molecular complexity index is 620. The van der Waals surface area contributed by atoms with Gasteiger partial charge in [-0.15, -0.1) is 11.3 Å². The standard InChI is InChI=1S/C19H26N2S2/c1-14(2)11-12-21(16(4)18-10-7-13-23-18)19(22)20-17-9-6-5-8-15(17)3/h5-10,13-14,16H,11-12H2,1-4H3,(H,20,22)/t16-/m1/s1. The molecule has 1 atom stereocenters. The van der Waals surface area contributed by atoms with Crippen molar-refractivity contribution in [3.63, 3.8) is 0 Å². The van der Waals surface area contributed by atoms with Crippen molar-refractivity contribution in [3.8, 4) is 0 Å². The van der Waals surface area contributed by atoms with E-state index in [1.54, 1.807) is 11.3 Å². The van der Waals surface area contributed by atoms with Crippen molar-refractivity contribution in [1.82, 2.24) is 4.90 Å². The monoisotopic (exact) mass is 346 g/mol. The first-order valence-corrected chi connectivity index (χ1v) is 9.44. The minimum atomic E-state index is 0.290. The van der Waals surface area contributed by atoms with Gasteiger partial charge in [0.2, 0.25) is 0 Å². The summed E-state index contributed by atoms with van der Waals surface area (Å²) in [5.74, 6) is 0.661. The number of hydrogen-bond acceptors (Lipinski definition) is 2. The predicted octanol–water partition coefficient (Wildman–Crippen LogP) is 5.86. The van der Waals surface area contributed by atoms with E-state index < -0.39 is 0 Å². The van der Waals surface area contributed by atoms with Gasteiger partial charge in [-0.1, -0.05) is 38.1 Å². The molecule has 1 aromatic heterocycles. The van der Waals surface area contributed by atoms with E-state index in [1.807, 2.05) is 12.1 Å². The van der Waals surface area contributed by atoms with E-state index in [2.05, 4.69) is 67.6 Å². The highest BCUT2D eigenvalue weighted by Gasteiger charge is 2.20. The van der Waals surface area contributed by atoms with Crippen LogP contribution in [0.5, 0.6) is 0 Å². The summed E-state index contributed by atoms with van der Waals surface area (Å²) in [7, 11) is 0. The predicted molar refractivity (Wildman–Crippen MR) is 106 cm³/mol. The Labute approximate surface area is 149 Å². The van der Waals surface area contributed by atoms with Gasteiger partial charge < -0.3 is 10.2 Å². The molecule has 4 heteroatoms. The van der Waals surface area contributed by atoms with Crippen LogP contribution in [0, 0.1) is 12.8 Å².